The van der Waals surface area contributed by atoms with Crippen LogP contribution in [0.3, 0.4) is 0 Å². The summed E-state index contributed by atoms with van der Waals surface area (Å²) in [5.41, 5.74) is 2.21. The minimum Gasteiger partial charge on any atom is -0.349 e. The second-order valence-electron chi connectivity index (χ2n) is 6.80. The van der Waals surface area contributed by atoms with E-state index in [4.69, 9.17) is 0 Å². The van der Waals surface area contributed by atoms with Gasteiger partial charge in [-0.25, -0.2) is 0 Å². The first-order valence-electron chi connectivity index (χ1n) is 8.29. The van der Waals surface area contributed by atoms with Crippen molar-refractivity contribution < 1.29 is 4.79 Å². The van der Waals surface area contributed by atoms with E-state index in [1.165, 1.54) is 32.1 Å². The molecule has 0 radical (unpaired) electrons. The molecule has 1 heterocycles. The number of aryl methyl sites for hydroxylation is 1. The normalized spacial score (nSPS) is 24.7. The van der Waals surface area contributed by atoms with Gasteiger partial charge in [-0.1, -0.05) is 37.0 Å². The molecule has 2 N–H and O–H groups in total. The second-order valence-corrected chi connectivity index (χ2v) is 6.80. The molecule has 1 atom stereocenters. The minimum absolute atomic E-state index is 0.0801. The summed E-state index contributed by atoms with van der Waals surface area (Å²) in [4.78, 5) is 12.4. The van der Waals surface area contributed by atoms with Gasteiger partial charge in [-0.05, 0) is 51.3 Å². The van der Waals surface area contributed by atoms with Gasteiger partial charge in [-0.15, -0.1) is 0 Å². The first-order chi connectivity index (χ1) is 10.2. The number of nitrogens with one attached hydrogen (secondary N) is 2. The average molecular weight is 286 g/mol. The Bertz CT molecular complexity index is 500. The van der Waals surface area contributed by atoms with Crippen LogP contribution in [0.5, 0.6) is 0 Å². The standard InChI is InChI=1S/C18H26N2O/c1-14-6-5-7-15(12-14)17(21)20-16-8-11-19-18(13-16)9-3-2-4-10-18/h5-7,12,16,19H,2-4,8-11,13H2,1H3,(H,20,21). The molecule has 1 spiro atoms. The van der Waals surface area contributed by atoms with E-state index in [9.17, 15) is 4.79 Å². The Hall–Kier alpha value is -1.35. The summed E-state index contributed by atoms with van der Waals surface area (Å²) >= 11 is 0. The number of carbonyl (C=O) groups excluding carboxylic acids is 1. The highest BCUT2D eigenvalue weighted by atomic mass is 16.1. The SMILES string of the molecule is Cc1cccc(C(=O)NC2CCNC3(CCCCC3)C2)c1. The maximum atomic E-state index is 12.4. The van der Waals surface area contributed by atoms with Gasteiger partial charge in [0.2, 0.25) is 0 Å². The van der Waals surface area contributed by atoms with Gasteiger partial charge in [-0.3, -0.25) is 4.79 Å². The molecule has 3 rings (SSSR count). The third-order valence-electron chi connectivity index (χ3n) is 5.06. The third-order valence-corrected chi connectivity index (χ3v) is 5.06. The summed E-state index contributed by atoms with van der Waals surface area (Å²) < 4.78 is 0. The Morgan fingerprint density at radius 1 is 1.29 bits per heavy atom. The van der Waals surface area contributed by atoms with E-state index in [2.05, 4.69) is 10.6 Å². The molecular weight excluding hydrogens is 260 g/mol. The summed E-state index contributed by atoms with van der Waals surface area (Å²) in [6.07, 6.45) is 8.68. The molecule has 1 aliphatic heterocycles. The summed E-state index contributed by atoms with van der Waals surface area (Å²) in [5, 5.41) is 6.99. The predicted octanol–water partition coefficient (Wildman–Crippen LogP) is 3.18. The van der Waals surface area contributed by atoms with Crippen molar-refractivity contribution in [2.24, 2.45) is 0 Å². The fourth-order valence-corrected chi connectivity index (χ4v) is 3.95. The van der Waals surface area contributed by atoms with E-state index < -0.39 is 0 Å². The number of hydrogen-bond acceptors (Lipinski definition) is 2. The fourth-order valence-electron chi connectivity index (χ4n) is 3.95. The highest BCUT2D eigenvalue weighted by Crippen LogP contribution is 2.34. The highest BCUT2D eigenvalue weighted by Gasteiger charge is 2.37. The van der Waals surface area contributed by atoms with E-state index in [-0.39, 0.29) is 5.91 Å². The van der Waals surface area contributed by atoms with Crippen molar-refractivity contribution in [1.82, 2.24) is 10.6 Å². The number of carbonyl (C=O) groups is 1. The topological polar surface area (TPSA) is 41.1 Å². The Kier molecular flexibility index (Phi) is 4.29. The largest absolute Gasteiger partial charge is 0.349 e. The lowest BCUT2D eigenvalue weighted by Gasteiger charge is -2.44. The number of benzene rings is 1. The lowest BCUT2D eigenvalue weighted by molar-refractivity contribution is 0.0892. The van der Waals surface area contributed by atoms with E-state index in [1.54, 1.807) is 0 Å². The molecule has 3 nitrogen and oxygen atoms in total. The average Bonchev–Trinajstić information content (AvgIpc) is 2.48. The summed E-state index contributed by atoms with van der Waals surface area (Å²) in [7, 11) is 0. The smallest absolute Gasteiger partial charge is 0.251 e. The van der Waals surface area contributed by atoms with Gasteiger partial charge in [0, 0.05) is 17.1 Å². The minimum atomic E-state index is 0.0801. The van der Waals surface area contributed by atoms with Gasteiger partial charge in [0.15, 0.2) is 0 Å². The molecule has 2 fully saturated rings. The van der Waals surface area contributed by atoms with E-state index in [1.807, 2.05) is 31.2 Å². The summed E-state index contributed by atoms with van der Waals surface area (Å²) in [5.74, 6) is 0.0801. The van der Waals surface area contributed by atoms with Gasteiger partial charge in [0.1, 0.15) is 0 Å². The van der Waals surface area contributed by atoms with Crippen LogP contribution < -0.4 is 10.6 Å². The molecule has 1 aromatic carbocycles. The molecule has 1 aliphatic carbocycles. The maximum Gasteiger partial charge on any atom is 0.251 e. The van der Waals surface area contributed by atoms with Crippen molar-refractivity contribution >= 4 is 5.91 Å². The van der Waals surface area contributed by atoms with Crippen LogP contribution in [0.4, 0.5) is 0 Å². The number of hydrogen-bond donors (Lipinski definition) is 2. The van der Waals surface area contributed by atoms with Crippen LogP contribution in [0.1, 0.15) is 60.9 Å². The molecule has 0 bridgehead atoms. The van der Waals surface area contributed by atoms with Crippen LogP contribution >= 0.6 is 0 Å². The Morgan fingerprint density at radius 3 is 2.86 bits per heavy atom. The lowest BCUT2D eigenvalue weighted by atomic mass is 9.75. The Balaban J connectivity index is 1.63. The Labute approximate surface area is 127 Å². The van der Waals surface area contributed by atoms with Crippen molar-refractivity contribution in [3.8, 4) is 0 Å². The predicted molar refractivity (Wildman–Crippen MR) is 85.5 cm³/mol. The van der Waals surface area contributed by atoms with Crippen molar-refractivity contribution in [3.05, 3.63) is 35.4 Å². The molecule has 1 amide bonds. The molecule has 1 unspecified atom stereocenters. The maximum absolute atomic E-state index is 12.4. The molecule has 1 saturated carbocycles. The number of amides is 1. The molecular formula is C18H26N2O. The van der Waals surface area contributed by atoms with Crippen LogP contribution in [0.2, 0.25) is 0 Å². The molecule has 1 saturated heterocycles. The fraction of sp³-hybridized carbons (Fsp3) is 0.611. The van der Waals surface area contributed by atoms with Crippen molar-refractivity contribution in [2.75, 3.05) is 6.54 Å². The Morgan fingerprint density at radius 2 is 2.10 bits per heavy atom. The highest BCUT2D eigenvalue weighted by molar-refractivity contribution is 5.94. The first-order valence-corrected chi connectivity index (χ1v) is 8.29. The summed E-state index contributed by atoms with van der Waals surface area (Å²) in [6.45, 7) is 3.05. The van der Waals surface area contributed by atoms with Gasteiger partial charge in [0.25, 0.3) is 5.91 Å². The van der Waals surface area contributed by atoms with Crippen LogP contribution in [0.25, 0.3) is 0 Å². The van der Waals surface area contributed by atoms with Crippen molar-refractivity contribution in [1.29, 1.82) is 0 Å². The van der Waals surface area contributed by atoms with Gasteiger partial charge < -0.3 is 10.6 Å². The lowest BCUT2D eigenvalue weighted by Crippen LogP contribution is -2.57. The number of rotatable bonds is 2. The van der Waals surface area contributed by atoms with Crippen LogP contribution in [-0.2, 0) is 0 Å². The van der Waals surface area contributed by atoms with Gasteiger partial charge >= 0.3 is 0 Å². The van der Waals surface area contributed by atoms with Crippen molar-refractivity contribution in [2.45, 2.75) is 63.5 Å². The van der Waals surface area contributed by atoms with Crippen molar-refractivity contribution in [3.63, 3.8) is 0 Å². The zero-order chi connectivity index (χ0) is 14.7. The van der Waals surface area contributed by atoms with E-state index >= 15 is 0 Å². The van der Waals surface area contributed by atoms with E-state index in [0.717, 1.165) is 30.5 Å². The zero-order valence-electron chi connectivity index (χ0n) is 13.0. The van der Waals surface area contributed by atoms with Crippen LogP contribution in [-0.4, -0.2) is 24.0 Å². The van der Waals surface area contributed by atoms with Crippen LogP contribution in [0, 0.1) is 6.92 Å². The molecule has 114 valence electrons. The molecule has 1 aromatic rings. The monoisotopic (exact) mass is 286 g/mol. The zero-order valence-corrected chi connectivity index (χ0v) is 13.0. The van der Waals surface area contributed by atoms with Gasteiger partial charge in [-0.2, -0.15) is 0 Å². The molecule has 2 aliphatic rings. The molecule has 0 aromatic heterocycles. The van der Waals surface area contributed by atoms with Crippen LogP contribution in [0.15, 0.2) is 24.3 Å². The number of piperidine rings is 1. The second kappa shape index (κ2) is 6.18. The summed E-state index contributed by atoms with van der Waals surface area (Å²) in [6, 6.07) is 8.16. The van der Waals surface area contributed by atoms with Gasteiger partial charge in [0.05, 0.1) is 0 Å². The van der Waals surface area contributed by atoms with E-state index in [0.29, 0.717) is 11.6 Å². The third kappa shape index (κ3) is 3.46. The molecule has 21 heavy (non-hydrogen) atoms. The molecule has 3 heteroatoms. The quantitative estimate of drug-likeness (QED) is 0.876. The first kappa shape index (κ1) is 14.6.